The Hall–Kier alpha value is -0.670. The molecule has 1 rings (SSSR count). The first-order valence-corrected chi connectivity index (χ1v) is 7.02. The van der Waals surface area contributed by atoms with Gasteiger partial charge in [0.05, 0.1) is 10.0 Å². The minimum Gasteiger partial charge on any atom is -0.369 e. The van der Waals surface area contributed by atoms with Gasteiger partial charge in [-0.2, -0.15) is 0 Å². The Kier molecular flexibility index (Phi) is 6.03. The second kappa shape index (κ2) is 7.05. The number of hydrogen-bond acceptors (Lipinski definition) is 3. The molecule has 0 aliphatic rings. The maximum Gasteiger partial charge on any atom is 0.149 e. The summed E-state index contributed by atoms with van der Waals surface area (Å²) in [4.78, 5) is 6.57. The Labute approximate surface area is 119 Å². The van der Waals surface area contributed by atoms with E-state index in [0.717, 1.165) is 25.3 Å². The first-order chi connectivity index (χ1) is 8.45. The zero-order valence-corrected chi connectivity index (χ0v) is 12.9. The van der Waals surface area contributed by atoms with Crippen LogP contribution in [0.4, 0.5) is 11.6 Å². The molecule has 102 valence electrons. The molecule has 0 amide bonds. The lowest BCUT2D eigenvalue weighted by molar-refractivity contribution is 0.635. The van der Waals surface area contributed by atoms with E-state index in [9.17, 15) is 0 Å². The number of hydrogen-bond donors (Lipinski definition) is 1. The van der Waals surface area contributed by atoms with Crippen molar-refractivity contribution in [3.05, 3.63) is 16.1 Å². The highest BCUT2D eigenvalue weighted by atomic mass is 35.5. The molecular weight excluding hydrogens is 269 g/mol. The van der Waals surface area contributed by atoms with E-state index in [1.807, 2.05) is 7.05 Å². The fourth-order valence-electron chi connectivity index (χ4n) is 1.73. The molecule has 1 heterocycles. The number of halogens is 2. The molecule has 1 aromatic rings. The topological polar surface area (TPSA) is 28.2 Å². The minimum atomic E-state index is 0.551. The highest BCUT2D eigenvalue weighted by Gasteiger charge is 2.13. The van der Waals surface area contributed by atoms with Crippen molar-refractivity contribution in [2.24, 2.45) is 5.92 Å². The molecule has 0 fully saturated rings. The normalized spacial score (nSPS) is 10.8. The summed E-state index contributed by atoms with van der Waals surface area (Å²) in [6.45, 7) is 8.18. The smallest absolute Gasteiger partial charge is 0.149 e. The van der Waals surface area contributed by atoms with Crippen LogP contribution in [-0.2, 0) is 0 Å². The molecule has 18 heavy (non-hydrogen) atoms. The van der Waals surface area contributed by atoms with Crippen LogP contribution in [0.1, 0.15) is 27.2 Å². The second-order valence-corrected chi connectivity index (χ2v) is 5.64. The summed E-state index contributed by atoms with van der Waals surface area (Å²) in [5, 5.41) is 4.36. The fourth-order valence-corrected chi connectivity index (χ4v) is 2.30. The molecule has 0 aliphatic heterocycles. The lowest BCUT2D eigenvalue weighted by Crippen LogP contribution is -2.24. The lowest BCUT2D eigenvalue weighted by Gasteiger charge is -2.22. The first-order valence-electron chi connectivity index (χ1n) is 6.26. The van der Waals surface area contributed by atoms with Gasteiger partial charge in [-0.05, 0) is 18.4 Å². The van der Waals surface area contributed by atoms with Crippen molar-refractivity contribution in [3.8, 4) is 0 Å². The van der Waals surface area contributed by atoms with E-state index in [0.29, 0.717) is 21.8 Å². The summed E-state index contributed by atoms with van der Waals surface area (Å²) in [5.74, 6) is 2.03. The molecule has 0 saturated heterocycles. The van der Waals surface area contributed by atoms with Gasteiger partial charge in [0.15, 0.2) is 0 Å². The van der Waals surface area contributed by atoms with Crippen LogP contribution < -0.4 is 10.2 Å². The number of nitrogens with one attached hydrogen (secondary N) is 1. The molecule has 0 radical (unpaired) electrons. The highest BCUT2D eigenvalue weighted by molar-refractivity contribution is 6.37. The van der Waals surface area contributed by atoms with E-state index >= 15 is 0 Å². The van der Waals surface area contributed by atoms with Gasteiger partial charge >= 0.3 is 0 Å². The van der Waals surface area contributed by atoms with Gasteiger partial charge in [0.25, 0.3) is 0 Å². The molecule has 1 aromatic heterocycles. The molecule has 0 spiro atoms. The average molecular weight is 290 g/mol. The van der Waals surface area contributed by atoms with Crippen LogP contribution in [0.15, 0.2) is 6.07 Å². The molecule has 0 atom stereocenters. The quantitative estimate of drug-likeness (QED) is 0.846. The van der Waals surface area contributed by atoms with Gasteiger partial charge in [-0.3, -0.25) is 0 Å². The first kappa shape index (κ1) is 15.4. The van der Waals surface area contributed by atoms with Gasteiger partial charge in [0.1, 0.15) is 11.6 Å². The van der Waals surface area contributed by atoms with Crippen molar-refractivity contribution in [2.45, 2.75) is 27.2 Å². The summed E-state index contributed by atoms with van der Waals surface area (Å²) >= 11 is 12.3. The Balaban J connectivity index is 2.96. The Morgan fingerprint density at radius 2 is 2.00 bits per heavy atom. The van der Waals surface area contributed by atoms with E-state index in [1.54, 1.807) is 6.07 Å². The summed E-state index contributed by atoms with van der Waals surface area (Å²) in [7, 11) is 1.99. The number of rotatable bonds is 6. The SMILES string of the molecule is CCCNc1nc(N(C)CC(C)C)c(Cl)cc1Cl. The summed E-state index contributed by atoms with van der Waals surface area (Å²) < 4.78 is 0. The Morgan fingerprint density at radius 3 is 2.56 bits per heavy atom. The van der Waals surface area contributed by atoms with E-state index in [2.05, 4.69) is 36.0 Å². The third kappa shape index (κ3) is 4.21. The molecule has 3 nitrogen and oxygen atoms in total. The van der Waals surface area contributed by atoms with Crippen molar-refractivity contribution in [3.63, 3.8) is 0 Å². The van der Waals surface area contributed by atoms with Crippen LogP contribution in [0, 0.1) is 5.92 Å². The van der Waals surface area contributed by atoms with Crippen LogP contribution in [0.2, 0.25) is 10.0 Å². The predicted octanol–water partition coefficient (Wildman–Crippen LogP) is 4.30. The number of aromatic nitrogens is 1. The van der Waals surface area contributed by atoms with Gasteiger partial charge in [0, 0.05) is 20.1 Å². The molecule has 5 heteroatoms. The summed E-state index contributed by atoms with van der Waals surface area (Å²) in [5.41, 5.74) is 0. The third-order valence-corrected chi connectivity index (χ3v) is 3.02. The second-order valence-electron chi connectivity index (χ2n) is 4.83. The summed E-state index contributed by atoms with van der Waals surface area (Å²) in [6.07, 6.45) is 1.03. The highest BCUT2D eigenvalue weighted by Crippen LogP contribution is 2.31. The van der Waals surface area contributed by atoms with Gasteiger partial charge in [0.2, 0.25) is 0 Å². The standard InChI is InChI=1S/C13H21Cl2N3/c1-5-6-16-12-10(14)7-11(15)13(17-12)18(4)8-9(2)3/h7,9H,5-6,8H2,1-4H3,(H,16,17). The predicted molar refractivity (Wildman–Crippen MR) is 81.1 cm³/mol. The van der Waals surface area contributed by atoms with Crippen molar-refractivity contribution in [2.75, 3.05) is 30.4 Å². The maximum absolute atomic E-state index is 6.20. The van der Waals surface area contributed by atoms with Crippen LogP contribution in [0.25, 0.3) is 0 Å². The van der Waals surface area contributed by atoms with E-state index in [-0.39, 0.29) is 0 Å². The van der Waals surface area contributed by atoms with E-state index in [1.165, 1.54) is 0 Å². The molecule has 0 bridgehead atoms. The van der Waals surface area contributed by atoms with Gasteiger partial charge in [-0.15, -0.1) is 0 Å². The molecule has 0 aliphatic carbocycles. The average Bonchev–Trinajstić information content (AvgIpc) is 2.26. The third-order valence-electron chi connectivity index (χ3n) is 2.45. The van der Waals surface area contributed by atoms with Gasteiger partial charge < -0.3 is 10.2 Å². The fraction of sp³-hybridized carbons (Fsp3) is 0.615. The summed E-state index contributed by atoms with van der Waals surface area (Å²) in [6, 6.07) is 1.75. The molecule has 0 saturated carbocycles. The molecule has 1 N–H and O–H groups in total. The molecule has 0 unspecified atom stereocenters. The van der Waals surface area contributed by atoms with Crippen molar-refractivity contribution >= 4 is 34.8 Å². The van der Waals surface area contributed by atoms with Crippen molar-refractivity contribution in [1.29, 1.82) is 0 Å². The number of pyridine rings is 1. The maximum atomic E-state index is 6.20. The van der Waals surface area contributed by atoms with Crippen LogP contribution in [0.3, 0.4) is 0 Å². The molecule has 0 aromatic carbocycles. The molecular formula is C13H21Cl2N3. The van der Waals surface area contributed by atoms with Crippen molar-refractivity contribution in [1.82, 2.24) is 4.98 Å². The minimum absolute atomic E-state index is 0.551. The van der Waals surface area contributed by atoms with Crippen LogP contribution in [0.5, 0.6) is 0 Å². The monoisotopic (exact) mass is 289 g/mol. The lowest BCUT2D eigenvalue weighted by atomic mass is 10.2. The Bertz CT molecular complexity index is 394. The van der Waals surface area contributed by atoms with Crippen LogP contribution >= 0.6 is 23.2 Å². The largest absolute Gasteiger partial charge is 0.369 e. The zero-order valence-electron chi connectivity index (χ0n) is 11.4. The van der Waals surface area contributed by atoms with E-state index < -0.39 is 0 Å². The zero-order chi connectivity index (χ0) is 13.7. The van der Waals surface area contributed by atoms with Crippen molar-refractivity contribution < 1.29 is 0 Å². The number of nitrogens with zero attached hydrogens (tertiary/aromatic N) is 2. The Morgan fingerprint density at radius 1 is 1.33 bits per heavy atom. The number of anilines is 2. The van der Waals surface area contributed by atoms with Gasteiger partial charge in [-0.25, -0.2) is 4.98 Å². The van der Waals surface area contributed by atoms with Crippen LogP contribution in [-0.4, -0.2) is 25.1 Å². The van der Waals surface area contributed by atoms with Gasteiger partial charge in [-0.1, -0.05) is 44.0 Å². The van der Waals surface area contributed by atoms with E-state index in [4.69, 9.17) is 23.2 Å².